The number of likely N-dealkylation sites (tertiary alicyclic amines) is 2. The lowest BCUT2D eigenvalue weighted by molar-refractivity contribution is 0.162. The summed E-state index contributed by atoms with van der Waals surface area (Å²) in [4.78, 5) is 30.4. The number of benzene rings is 6. The van der Waals surface area contributed by atoms with Gasteiger partial charge in [-0.15, -0.1) is 0 Å². The number of nitrogens with one attached hydrogen (secondary N) is 4. The maximum Gasteiger partial charge on any atom is 0.319 e. The Labute approximate surface area is 449 Å². The number of nitrogens with zero attached hydrogens (tertiary/aromatic N) is 4. The maximum atomic E-state index is 12.8. The Hall–Kier alpha value is -6.08. The molecule has 4 amide bonds. The van der Waals surface area contributed by atoms with Gasteiger partial charge in [0.2, 0.25) is 0 Å². The van der Waals surface area contributed by atoms with Crippen molar-refractivity contribution in [2.75, 3.05) is 63.5 Å². The minimum absolute atomic E-state index is 0.192. The monoisotopic (exact) mass is 1050 g/mol. The van der Waals surface area contributed by atoms with Crippen molar-refractivity contribution in [3.63, 3.8) is 0 Å². The average molecular weight is 1050 g/mol. The highest BCUT2D eigenvalue weighted by atomic mass is 35.5. The van der Waals surface area contributed by atoms with Crippen LogP contribution in [0.5, 0.6) is 0 Å². The van der Waals surface area contributed by atoms with Gasteiger partial charge in [-0.2, -0.15) is 10.5 Å². The number of carbonyl (C=O) groups excluding carboxylic acids is 2. The van der Waals surface area contributed by atoms with Crippen LogP contribution in [0.4, 0.5) is 21.0 Å². The number of amides is 4. The van der Waals surface area contributed by atoms with Crippen LogP contribution in [0.1, 0.15) is 72.6 Å². The molecule has 2 heterocycles. The summed E-state index contributed by atoms with van der Waals surface area (Å²) in [7, 11) is 2.15. The van der Waals surface area contributed by atoms with Gasteiger partial charge in [0.15, 0.2) is 0 Å². The number of halogens is 4. The molecule has 2 atom stereocenters. The lowest BCUT2D eigenvalue weighted by Crippen LogP contribution is -2.40. The van der Waals surface area contributed by atoms with Gasteiger partial charge in [0.1, 0.15) is 0 Å². The zero-order valence-corrected chi connectivity index (χ0v) is 43.9. The molecule has 14 heteroatoms. The quantitative estimate of drug-likeness (QED) is 0.0858. The Kier molecular flexibility index (Phi) is 18.8. The van der Waals surface area contributed by atoms with E-state index in [1.807, 2.05) is 48.5 Å². The Balaban J connectivity index is 0.000000196. The summed E-state index contributed by atoms with van der Waals surface area (Å²) in [6, 6.07) is 46.2. The predicted octanol–water partition coefficient (Wildman–Crippen LogP) is 14.3. The van der Waals surface area contributed by atoms with Crippen molar-refractivity contribution in [2.24, 2.45) is 17.8 Å². The van der Waals surface area contributed by atoms with Crippen molar-refractivity contribution in [3.8, 4) is 34.4 Å². The maximum absolute atomic E-state index is 12.8. The summed E-state index contributed by atoms with van der Waals surface area (Å²) < 4.78 is 0. The van der Waals surface area contributed by atoms with E-state index in [1.165, 1.54) is 30.5 Å². The SMILES string of the molecule is CN1CCC(C(CNC(=O)Nc2cc(Cl)cc(Cl)c2)c2ccc(-c3cccc(C#N)c3)cc2)CC1.N#Cc1cccc(-c2ccc(C(CNC(=O)Nc3cc(Cl)cc(Cl)c3)C3CCN(CC4CC4)CC3)cc2)c1. The topological polar surface area (TPSA) is 136 Å². The van der Waals surface area contributed by atoms with Gasteiger partial charge in [-0.25, -0.2) is 9.59 Å². The minimum atomic E-state index is -0.286. The predicted molar refractivity (Wildman–Crippen MR) is 298 cm³/mol. The number of hydrogen-bond donors (Lipinski definition) is 4. The van der Waals surface area contributed by atoms with Gasteiger partial charge >= 0.3 is 12.1 Å². The summed E-state index contributed by atoms with van der Waals surface area (Å²) in [5.41, 5.74) is 9.02. The van der Waals surface area contributed by atoms with Crippen LogP contribution in [0.2, 0.25) is 20.1 Å². The van der Waals surface area contributed by atoms with Gasteiger partial charge in [0, 0.05) is 62.9 Å². The first-order valence-electron chi connectivity index (χ1n) is 25.0. The first-order chi connectivity index (χ1) is 35.4. The van der Waals surface area contributed by atoms with E-state index in [1.54, 1.807) is 36.4 Å². The molecule has 3 aliphatic rings. The van der Waals surface area contributed by atoms with Crippen LogP contribution in [0.3, 0.4) is 0 Å². The second kappa shape index (κ2) is 25.7. The Morgan fingerprint density at radius 1 is 0.534 bits per heavy atom. The fraction of sp³-hybridized carbons (Fsp3) is 0.322. The molecule has 2 unspecified atom stereocenters. The van der Waals surface area contributed by atoms with Gasteiger partial charge in [-0.3, -0.25) is 0 Å². The van der Waals surface area contributed by atoms with Crippen LogP contribution in [-0.4, -0.2) is 74.7 Å². The number of carbonyl (C=O) groups is 2. The first-order valence-corrected chi connectivity index (χ1v) is 26.5. The van der Waals surface area contributed by atoms with Crippen molar-refractivity contribution in [3.05, 3.63) is 176 Å². The average Bonchev–Trinajstić information content (AvgIpc) is 4.21. The van der Waals surface area contributed by atoms with E-state index in [9.17, 15) is 20.1 Å². The minimum Gasteiger partial charge on any atom is -0.337 e. The molecule has 2 aliphatic heterocycles. The van der Waals surface area contributed by atoms with Crippen LogP contribution in [0, 0.1) is 40.4 Å². The van der Waals surface area contributed by atoms with Crippen molar-refractivity contribution < 1.29 is 9.59 Å². The standard InChI is InChI=1S/C31H32Cl2N4O.C28H28Cl2N4O/c32-27-15-28(33)17-29(16-27)36-31(38)35-19-30(25-10-12-37(13-11-25)20-21-4-5-21)24-8-6-23(7-9-24)26-3-1-2-22(14-26)18-34;1-34-11-9-22(10-12-34)27(18-32-28(35)33-26-15-24(29)14-25(30)16-26)21-7-5-20(6-8-21)23-4-2-3-19(13-23)17-31/h1-3,6-9,14-17,21,25,30H,4-5,10-13,19-20H2,(H2,35,36,38);2-8,13-16,22,27H,9-12,18H2,1H3,(H2,32,33,35). The number of nitriles is 2. The zero-order chi connectivity index (χ0) is 51.3. The molecule has 6 aromatic rings. The van der Waals surface area contributed by atoms with E-state index in [-0.39, 0.29) is 23.9 Å². The Morgan fingerprint density at radius 2 is 0.932 bits per heavy atom. The molecule has 2 saturated heterocycles. The van der Waals surface area contributed by atoms with E-state index in [0.29, 0.717) is 67.5 Å². The van der Waals surface area contributed by atoms with E-state index in [4.69, 9.17) is 46.4 Å². The summed E-state index contributed by atoms with van der Waals surface area (Å²) in [6.45, 7) is 6.62. The van der Waals surface area contributed by atoms with Gasteiger partial charge in [-0.1, -0.05) is 119 Å². The Bertz CT molecular complexity index is 2880. The van der Waals surface area contributed by atoms with Crippen LogP contribution in [-0.2, 0) is 0 Å². The second-order valence-electron chi connectivity index (χ2n) is 19.6. The summed E-state index contributed by atoms with van der Waals surface area (Å²) in [6.07, 6.45) is 7.17. The smallest absolute Gasteiger partial charge is 0.319 e. The number of hydrogen-bond acceptors (Lipinski definition) is 6. The van der Waals surface area contributed by atoms with E-state index in [0.717, 1.165) is 80.0 Å². The molecule has 1 aliphatic carbocycles. The third kappa shape index (κ3) is 15.7. The van der Waals surface area contributed by atoms with Crippen molar-refractivity contribution in [2.45, 2.75) is 50.4 Å². The third-order valence-corrected chi connectivity index (χ3v) is 15.2. The highest BCUT2D eigenvalue weighted by molar-refractivity contribution is 6.35. The molecule has 376 valence electrons. The highest BCUT2D eigenvalue weighted by Crippen LogP contribution is 2.37. The largest absolute Gasteiger partial charge is 0.337 e. The second-order valence-corrected chi connectivity index (χ2v) is 21.3. The normalized spacial score (nSPS) is 16.2. The molecule has 73 heavy (non-hydrogen) atoms. The summed E-state index contributed by atoms with van der Waals surface area (Å²) in [5.74, 6) is 2.25. The molecule has 10 nitrogen and oxygen atoms in total. The third-order valence-electron chi connectivity index (χ3n) is 14.3. The fourth-order valence-corrected chi connectivity index (χ4v) is 11.2. The molecule has 0 aromatic heterocycles. The van der Waals surface area contributed by atoms with Crippen LogP contribution < -0.4 is 21.3 Å². The molecule has 9 rings (SSSR count). The van der Waals surface area contributed by atoms with Gasteiger partial charge in [-0.05, 0) is 184 Å². The molecule has 0 radical (unpaired) electrons. The molecule has 1 saturated carbocycles. The summed E-state index contributed by atoms with van der Waals surface area (Å²) >= 11 is 24.3. The van der Waals surface area contributed by atoms with Crippen molar-refractivity contribution in [1.29, 1.82) is 10.5 Å². The molecule has 4 N–H and O–H groups in total. The van der Waals surface area contributed by atoms with E-state index in [2.05, 4.69) is 98.8 Å². The lowest BCUT2D eigenvalue weighted by atomic mass is 9.79. The van der Waals surface area contributed by atoms with Crippen LogP contribution in [0.15, 0.2) is 133 Å². The first kappa shape index (κ1) is 53.2. The lowest BCUT2D eigenvalue weighted by Gasteiger charge is -2.36. The number of urea groups is 2. The molecule has 0 spiro atoms. The molecular weight excluding hydrogens is 995 g/mol. The molecule has 0 bridgehead atoms. The number of rotatable bonds is 14. The van der Waals surface area contributed by atoms with Crippen molar-refractivity contribution in [1.82, 2.24) is 20.4 Å². The number of piperidine rings is 2. The summed E-state index contributed by atoms with van der Waals surface area (Å²) in [5, 5.41) is 32.2. The highest BCUT2D eigenvalue weighted by Gasteiger charge is 2.32. The van der Waals surface area contributed by atoms with Crippen LogP contribution >= 0.6 is 46.4 Å². The number of anilines is 2. The fourth-order valence-electron chi connectivity index (χ4n) is 10.1. The van der Waals surface area contributed by atoms with E-state index >= 15 is 0 Å². The van der Waals surface area contributed by atoms with Gasteiger partial charge in [0.05, 0.1) is 23.3 Å². The van der Waals surface area contributed by atoms with Gasteiger partial charge < -0.3 is 31.1 Å². The Morgan fingerprint density at radius 3 is 1.32 bits per heavy atom. The molecular formula is C59H60Cl4N8O2. The molecule has 6 aromatic carbocycles. The zero-order valence-electron chi connectivity index (χ0n) is 40.9. The van der Waals surface area contributed by atoms with Gasteiger partial charge in [0.25, 0.3) is 0 Å². The molecule has 3 fully saturated rings. The van der Waals surface area contributed by atoms with E-state index < -0.39 is 0 Å². The van der Waals surface area contributed by atoms with Crippen LogP contribution in [0.25, 0.3) is 22.3 Å². The van der Waals surface area contributed by atoms with Crippen molar-refractivity contribution >= 4 is 69.8 Å².